The van der Waals surface area contributed by atoms with E-state index in [-0.39, 0.29) is 12.5 Å². The number of aryl methyl sites for hydroxylation is 3. The fourth-order valence-electron chi connectivity index (χ4n) is 2.78. The van der Waals surface area contributed by atoms with Crippen LogP contribution in [0.1, 0.15) is 38.1 Å². The normalized spacial score (nSPS) is 13.0. The van der Waals surface area contributed by atoms with Crippen LogP contribution in [0.15, 0.2) is 28.8 Å². The second-order valence-electron chi connectivity index (χ2n) is 5.77. The van der Waals surface area contributed by atoms with Crippen molar-refractivity contribution in [3.05, 3.63) is 51.2 Å². The largest absolute Gasteiger partial charge is 0.342 e. The molecule has 24 heavy (non-hydrogen) atoms. The average molecular weight is 340 g/mol. The van der Waals surface area contributed by atoms with Crippen LogP contribution in [0, 0.1) is 6.92 Å². The molecule has 0 atom stereocenters. The molecule has 0 bridgehead atoms. The zero-order chi connectivity index (χ0) is 16.5. The van der Waals surface area contributed by atoms with Crippen LogP contribution in [0.3, 0.4) is 0 Å². The van der Waals surface area contributed by atoms with E-state index in [0.29, 0.717) is 17.4 Å². The zero-order valence-corrected chi connectivity index (χ0v) is 14.0. The van der Waals surface area contributed by atoms with Gasteiger partial charge in [0, 0.05) is 10.6 Å². The molecule has 0 aromatic carbocycles. The lowest BCUT2D eigenvalue weighted by Crippen LogP contribution is -2.22. The minimum Gasteiger partial charge on any atom is -0.342 e. The number of fused-ring (bicyclic) bond motifs is 1. The van der Waals surface area contributed by atoms with Crippen LogP contribution >= 0.6 is 11.3 Å². The summed E-state index contributed by atoms with van der Waals surface area (Å²) in [7, 11) is 0. The molecule has 0 aliphatic heterocycles. The summed E-state index contributed by atoms with van der Waals surface area (Å²) in [5.74, 6) is 0.701. The highest BCUT2D eigenvalue weighted by Crippen LogP contribution is 2.30. The number of thiophene rings is 1. The lowest BCUT2D eigenvalue weighted by Gasteiger charge is -1.99. The molecule has 0 spiro atoms. The third-order valence-electron chi connectivity index (χ3n) is 3.96. The van der Waals surface area contributed by atoms with Crippen molar-refractivity contribution in [1.82, 2.24) is 20.4 Å². The molecule has 1 amide bonds. The van der Waals surface area contributed by atoms with E-state index in [4.69, 9.17) is 4.52 Å². The monoisotopic (exact) mass is 340 g/mol. The third kappa shape index (κ3) is 2.94. The molecule has 0 saturated heterocycles. The van der Waals surface area contributed by atoms with Crippen molar-refractivity contribution in [2.45, 2.75) is 32.7 Å². The van der Waals surface area contributed by atoms with E-state index in [0.717, 1.165) is 23.4 Å². The van der Waals surface area contributed by atoms with Crippen molar-refractivity contribution < 1.29 is 9.32 Å². The first kappa shape index (κ1) is 15.0. The summed E-state index contributed by atoms with van der Waals surface area (Å²) < 4.78 is 5.19. The van der Waals surface area contributed by atoms with E-state index >= 15 is 0 Å². The molecule has 1 N–H and O–H groups in total. The standard InChI is InChI=1S/C17H16N4O2S/c1-10-4-2-6-12(19-10)16-20-15(23-21-16)9-18-17(22)14-8-11-5-3-7-13(11)24-14/h2,4,6,8H,3,5,7,9H2,1H3,(H,18,22). The van der Waals surface area contributed by atoms with Crippen LogP contribution < -0.4 is 5.32 Å². The summed E-state index contributed by atoms with van der Waals surface area (Å²) in [6, 6.07) is 7.63. The van der Waals surface area contributed by atoms with Crippen LogP contribution in [0.2, 0.25) is 0 Å². The lowest BCUT2D eigenvalue weighted by atomic mass is 10.2. The van der Waals surface area contributed by atoms with Gasteiger partial charge in [0.05, 0.1) is 11.4 Å². The van der Waals surface area contributed by atoms with Crippen LogP contribution in [-0.4, -0.2) is 21.0 Å². The Labute approximate surface area is 142 Å². The molecule has 1 aliphatic rings. The Kier molecular flexibility index (Phi) is 3.86. The fraction of sp³-hybridized carbons (Fsp3) is 0.294. The lowest BCUT2D eigenvalue weighted by molar-refractivity contribution is 0.0950. The number of hydrogen-bond acceptors (Lipinski definition) is 6. The topological polar surface area (TPSA) is 80.9 Å². The van der Waals surface area contributed by atoms with Gasteiger partial charge in [-0.1, -0.05) is 11.2 Å². The maximum absolute atomic E-state index is 12.2. The van der Waals surface area contributed by atoms with Crippen molar-refractivity contribution in [3.63, 3.8) is 0 Å². The number of amides is 1. The molecule has 122 valence electrons. The SMILES string of the molecule is Cc1cccc(-c2noc(CNC(=O)c3cc4c(s3)CCC4)n2)n1. The quantitative estimate of drug-likeness (QED) is 0.790. The first-order chi connectivity index (χ1) is 11.7. The number of pyridine rings is 1. The Hall–Kier alpha value is -2.54. The maximum atomic E-state index is 12.2. The Balaban J connectivity index is 1.41. The van der Waals surface area contributed by atoms with Crippen LogP contribution in [-0.2, 0) is 19.4 Å². The highest BCUT2D eigenvalue weighted by atomic mass is 32.1. The second kappa shape index (κ2) is 6.16. The summed E-state index contributed by atoms with van der Waals surface area (Å²) in [5, 5.41) is 6.76. The van der Waals surface area contributed by atoms with E-state index in [2.05, 4.69) is 20.4 Å². The first-order valence-electron chi connectivity index (χ1n) is 7.85. The fourth-order valence-corrected chi connectivity index (χ4v) is 3.95. The number of aromatic nitrogens is 3. The van der Waals surface area contributed by atoms with Gasteiger partial charge < -0.3 is 9.84 Å². The molecule has 0 fully saturated rings. The molecule has 0 radical (unpaired) electrons. The van der Waals surface area contributed by atoms with Crippen LogP contribution in [0.25, 0.3) is 11.5 Å². The summed E-state index contributed by atoms with van der Waals surface area (Å²) in [5.41, 5.74) is 2.86. The van der Waals surface area contributed by atoms with E-state index < -0.39 is 0 Å². The van der Waals surface area contributed by atoms with E-state index in [1.165, 1.54) is 16.9 Å². The Morgan fingerprint density at radius 3 is 3.08 bits per heavy atom. The number of carbonyl (C=O) groups is 1. The number of carbonyl (C=O) groups excluding carboxylic acids is 1. The third-order valence-corrected chi connectivity index (χ3v) is 5.19. The average Bonchev–Trinajstić information content (AvgIpc) is 3.28. The minimum atomic E-state index is -0.0946. The molecule has 3 heterocycles. The zero-order valence-electron chi connectivity index (χ0n) is 13.2. The molecule has 0 saturated carbocycles. The molecule has 3 aromatic heterocycles. The van der Waals surface area contributed by atoms with Gasteiger partial charge in [0.1, 0.15) is 5.69 Å². The molecule has 4 rings (SSSR count). The Morgan fingerprint density at radius 2 is 2.25 bits per heavy atom. The second-order valence-corrected chi connectivity index (χ2v) is 6.91. The highest BCUT2D eigenvalue weighted by Gasteiger charge is 2.19. The molecular formula is C17H16N4O2S. The van der Waals surface area contributed by atoms with Crippen LogP contribution in [0.5, 0.6) is 0 Å². The van der Waals surface area contributed by atoms with Crippen LogP contribution in [0.4, 0.5) is 0 Å². The summed E-state index contributed by atoms with van der Waals surface area (Å²) in [6.07, 6.45) is 3.36. The predicted molar refractivity (Wildman–Crippen MR) is 89.8 cm³/mol. The summed E-state index contributed by atoms with van der Waals surface area (Å²) in [4.78, 5) is 23.0. The summed E-state index contributed by atoms with van der Waals surface area (Å²) in [6.45, 7) is 2.11. The van der Waals surface area contributed by atoms with Gasteiger partial charge in [-0.05, 0) is 49.9 Å². The number of hydrogen-bond donors (Lipinski definition) is 1. The smallest absolute Gasteiger partial charge is 0.261 e. The molecule has 6 nitrogen and oxygen atoms in total. The van der Waals surface area contributed by atoms with Crippen molar-refractivity contribution in [3.8, 4) is 11.5 Å². The Morgan fingerprint density at radius 1 is 1.33 bits per heavy atom. The van der Waals surface area contributed by atoms with E-state index in [9.17, 15) is 4.79 Å². The van der Waals surface area contributed by atoms with E-state index in [1.54, 1.807) is 11.3 Å². The predicted octanol–water partition coefficient (Wildman–Crippen LogP) is 2.92. The van der Waals surface area contributed by atoms with Gasteiger partial charge >= 0.3 is 0 Å². The first-order valence-corrected chi connectivity index (χ1v) is 8.67. The molecule has 7 heteroatoms. The molecule has 0 unspecified atom stereocenters. The van der Waals surface area contributed by atoms with Gasteiger partial charge in [-0.2, -0.15) is 4.98 Å². The van der Waals surface area contributed by atoms with Crippen molar-refractivity contribution in [2.75, 3.05) is 0 Å². The van der Waals surface area contributed by atoms with Gasteiger partial charge in [-0.15, -0.1) is 11.3 Å². The molecule has 1 aliphatic carbocycles. The summed E-state index contributed by atoms with van der Waals surface area (Å²) >= 11 is 1.58. The number of nitrogens with zero attached hydrogens (tertiary/aromatic N) is 3. The van der Waals surface area contributed by atoms with Crippen molar-refractivity contribution in [2.24, 2.45) is 0 Å². The molecule has 3 aromatic rings. The number of rotatable bonds is 4. The minimum absolute atomic E-state index is 0.0946. The van der Waals surface area contributed by atoms with Crippen molar-refractivity contribution in [1.29, 1.82) is 0 Å². The van der Waals surface area contributed by atoms with Crippen molar-refractivity contribution >= 4 is 17.2 Å². The number of nitrogens with one attached hydrogen (secondary N) is 1. The van der Waals surface area contributed by atoms with Gasteiger partial charge in [-0.3, -0.25) is 4.79 Å². The van der Waals surface area contributed by atoms with Gasteiger partial charge in [0.25, 0.3) is 5.91 Å². The van der Waals surface area contributed by atoms with Gasteiger partial charge in [0.2, 0.25) is 11.7 Å². The van der Waals surface area contributed by atoms with E-state index in [1.807, 2.05) is 31.2 Å². The Bertz CT molecular complexity index is 878. The molecular weight excluding hydrogens is 324 g/mol. The highest BCUT2D eigenvalue weighted by molar-refractivity contribution is 7.14. The van der Waals surface area contributed by atoms with Gasteiger partial charge in [-0.25, -0.2) is 4.98 Å². The maximum Gasteiger partial charge on any atom is 0.261 e. The van der Waals surface area contributed by atoms with Gasteiger partial charge in [0.15, 0.2) is 0 Å².